The monoisotopic (exact) mass is 842 g/mol. The maximum Gasteiger partial charge on any atom is 0.269 e. The number of Topliss-reactive ketones (excluding diaryl/α,β-unsaturated/α-hetero) is 1. The Balaban J connectivity index is 1.18. The lowest BCUT2D eigenvalue weighted by Crippen LogP contribution is -2.45. The Morgan fingerprint density at radius 3 is 1.79 bits per heavy atom. The van der Waals surface area contributed by atoms with Crippen LogP contribution >= 0.6 is 63.7 Å². The fourth-order valence-electron chi connectivity index (χ4n) is 4.60. The number of allylic oxidation sites excluding steroid dienone is 2. The lowest BCUT2D eigenvalue weighted by atomic mass is 9.87. The third-order valence-corrected chi connectivity index (χ3v) is 9.62. The van der Waals surface area contributed by atoms with Gasteiger partial charge in [-0.05, 0) is 82.3 Å². The van der Waals surface area contributed by atoms with E-state index in [4.69, 9.17) is 19.1 Å². The number of nitrogens with zero attached hydrogens (tertiary/aromatic N) is 2. The molecule has 4 atom stereocenters. The number of ketones is 1. The molecular weight excluding hydrogens is 820 g/mol. The Hall–Kier alpha value is -2.05. The summed E-state index contributed by atoms with van der Waals surface area (Å²) in [6.45, 7) is -0.0651. The minimum Gasteiger partial charge on any atom is -0.495 e. The Morgan fingerprint density at radius 2 is 1.33 bits per heavy atom. The highest BCUT2D eigenvalue weighted by Crippen LogP contribution is 2.45. The molecule has 2 amide bonds. The summed E-state index contributed by atoms with van der Waals surface area (Å²) in [6.07, 6.45) is 1.27. The predicted octanol–water partition coefficient (Wildman–Crippen LogP) is 2.41. The van der Waals surface area contributed by atoms with Crippen molar-refractivity contribution in [3.8, 4) is 0 Å². The van der Waals surface area contributed by atoms with Gasteiger partial charge < -0.3 is 40.0 Å². The minimum atomic E-state index is -1.30. The first-order chi connectivity index (χ1) is 19.9. The number of ether oxygens (including phenoxy) is 2. The topological polar surface area (TPSA) is 177 Å². The molecule has 0 fully saturated rings. The number of hydrogen-bond donors (Lipinski definition) is 4. The van der Waals surface area contributed by atoms with Crippen LogP contribution in [0.3, 0.4) is 0 Å². The van der Waals surface area contributed by atoms with Crippen molar-refractivity contribution in [3.05, 3.63) is 41.6 Å². The molecule has 0 aromatic heterocycles. The SMILES string of the molecule is COC1=C(Br)[C@H](O)[C@@]2(C=C1Br)CC(C(=O)NCCCC(=O)CNC(=O)C1=NO[C@]3(C=C(Br)C(OC)=C(Br)[C@@H]3O)C1)=NO2. The molecule has 0 saturated heterocycles. The molecule has 4 rings (SSSR count). The van der Waals surface area contributed by atoms with Crippen molar-refractivity contribution >= 4 is 92.7 Å². The average Bonchev–Trinajstić information content (AvgIpc) is 3.58. The van der Waals surface area contributed by atoms with Crippen LogP contribution in [-0.2, 0) is 33.5 Å². The number of hydrogen-bond acceptors (Lipinski definition) is 11. The quantitative estimate of drug-likeness (QED) is 0.241. The fourth-order valence-corrected chi connectivity index (χ4v) is 8.18. The summed E-state index contributed by atoms with van der Waals surface area (Å²) in [5.74, 6) is -0.538. The van der Waals surface area contributed by atoms with Gasteiger partial charge >= 0.3 is 0 Å². The maximum atomic E-state index is 12.6. The van der Waals surface area contributed by atoms with Crippen molar-refractivity contribution in [2.45, 2.75) is 49.1 Å². The summed E-state index contributed by atoms with van der Waals surface area (Å²) in [6, 6.07) is 0. The highest BCUT2D eigenvalue weighted by molar-refractivity contribution is 9.12. The Bertz CT molecular complexity index is 1380. The van der Waals surface area contributed by atoms with E-state index in [1.807, 2.05) is 0 Å². The van der Waals surface area contributed by atoms with Crippen molar-refractivity contribution in [3.63, 3.8) is 0 Å². The largest absolute Gasteiger partial charge is 0.495 e. The minimum absolute atomic E-state index is 0.0194. The first kappa shape index (κ1) is 32.9. The molecule has 228 valence electrons. The fraction of sp³-hybridized carbons (Fsp3) is 0.480. The highest BCUT2D eigenvalue weighted by Gasteiger charge is 2.51. The molecule has 2 aliphatic heterocycles. The second kappa shape index (κ2) is 13.3. The van der Waals surface area contributed by atoms with Gasteiger partial charge in [0.1, 0.15) is 35.1 Å². The lowest BCUT2D eigenvalue weighted by Gasteiger charge is -2.33. The van der Waals surface area contributed by atoms with Crippen molar-refractivity contribution in [2.75, 3.05) is 27.3 Å². The number of halogens is 4. The molecule has 0 aromatic carbocycles. The molecule has 2 aliphatic carbocycles. The molecule has 2 heterocycles. The Labute approximate surface area is 274 Å². The van der Waals surface area contributed by atoms with Gasteiger partial charge in [0.2, 0.25) is 0 Å². The van der Waals surface area contributed by atoms with E-state index < -0.39 is 35.2 Å². The van der Waals surface area contributed by atoms with Gasteiger partial charge in [-0.15, -0.1) is 0 Å². The number of oxime groups is 2. The van der Waals surface area contributed by atoms with Crippen molar-refractivity contribution in [1.29, 1.82) is 0 Å². The van der Waals surface area contributed by atoms with Crippen LogP contribution in [0.1, 0.15) is 25.7 Å². The smallest absolute Gasteiger partial charge is 0.269 e. The second-order valence-electron chi connectivity index (χ2n) is 9.65. The average molecular weight is 846 g/mol. The summed E-state index contributed by atoms with van der Waals surface area (Å²) in [7, 11) is 2.92. The van der Waals surface area contributed by atoms with E-state index in [9.17, 15) is 24.6 Å². The number of rotatable bonds is 10. The molecule has 0 saturated carbocycles. The van der Waals surface area contributed by atoms with Gasteiger partial charge in [-0.1, -0.05) is 10.3 Å². The number of methoxy groups -OCH3 is 2. The van der Waals surface area contributed by atoms with Crippen molar-refractivity contribution < 1.29 is 43.7 Å². The molecule has 0 bridgehead atoms. The number of aliphatic hydroxyl groups is 2. The van der Waals surface area contributed by atoms with Gasteiger partial charge in [0.05, 0.1) is 38.7 Å². The molecule has 0 radical (unpaired) electrons. The predicted molar refractivity (Wildman–Crippen MR) is 164 cm³/mol. The van der Waals surface area contributed by atoms with E-state index in [1.54, 1.807) is 12.2 Å². The van der Waals surface area contributed by atoms with Crippen LogP contribution in [-0.4, -0.2) is 90.0 Å². The van der Waals surface area contributed by atoms with Gasteiger partial charge in [0, 0.05) is 25.8 Å². The van der Waals surface area contributed by atoms with Gasteiger partial charge in [0.15, 0.2) is 17.0 Å². The normalized spacial score (nSPS) is 28.5. The van der Waals surface area contributed by atoms with E-state index in [-0.39, 0.29) is 49.6 Å². The first-order valence-corrected chi connectivity index (χ1v) is 15.6. The zero-order chi connectivity index (χ0) is 30.8. The molecule has 4 N–H and O–H groups in total. The molecule has 13 nitrogen and oxygen atoms in total. The lowest BCUT2D eigenvalue weighted by molar-refractivity contribution is -0.122. The molecule has 17 heteroatoms. The van der Waals surface area contributed by atoms with E-state index >= 15 is 0 Å². The number of carbonyl (C=O) groups is 3. The van der Waals surface area contributed by atoms with E-state index in [0.717, 1.165) is 0 Å². The van der Waals surface area contributed by atoms with Crippen LogP contribution in [0, 0.1) is 0 Å². The highest BCUT2D eigenvalue weighted by atomic mass is 79.9. The van der Waals surface area contributed by atoms with Crippen LogP contribution in [0.5, 0.6) is 0 Å². The molecular formula is C25H26Br4N4O9. The number of amides is 2. The molecule has 2 spiro atoms. The van der Waals surface area contributed by atoms with Crippen LogP contribution in [0.2, 0.25) is 0 Å². The van der Waals surface area contributed by atoms with Crippen LogP contribution in [0.15, 0.2) is 51.9 Å². The van der Waals surface area contributed by atoms with Gasteiger partial charge in [0.25, 0.3) is 11.8 Å². The Morgan fingerprint density at radius 1 is 0.881 bits per heavy atom. The van der Waals surface area contributed by atoms with Crippen LogP contribution < -0.4 is 10.6 Å². The van der Waals surface area contributed by atoms with Crippen molar-refractivity contribution in [2.24, 2.45) is 10.3 Å². The van der Waals surface area contributed by atoms with E-state index in [0.29, 0.717) is 35.9 Å². The molecule has 4 aliphatic rings. The maximum absolute atomic E-state index is 12.6. The Kier molecular flexibility index (Phi) is 10.4. The van der Waals surface area contributed by atoms with E-state index in [2.05, 4.69) is 84.7 Å². The summed E-state index contributed by atoms with van der Waals surface area (Å²) in [5, 5.41) is 34.3. The molecule has 0 aromatic rings. The summed E-state index contributed by atoms with van der Waals surface area (Å²) < 4.78 is 12.3. The zero-order valence-electron chi connectivity index (χ0n) is 22.2. The number of nitrogens with one attached hydrogen (secondary N) is 2. The van der Waals surface area contributed by atoms with Gasteiger partial charge in [-0.3, -0.25) is 14.4 Å². The van der Waals surface area contributed by atoms with E-state index in [1.165, 1.54) is 14.2 Å². The van der Waals surface area contributed by atoms with Crippen LogP contribution in [0.25, 0.3) is 0 Å². The molecule has 0 unspecified atom stereocenters. The zero-order valence-corrected chi connectivity index (χ0v) is 28.6. The summed E-state index contributed by atoms with van der Waals surface area (Å²) >= 11 is 13.3. The first-order valence-electron chi connectivity index (χ1n) is 12.5. The summed E-state index contributed by atoms with van der Waals surface area (Å²) in [4.78, 5) is 48.5. The number of carbonyl (C=O) groups excluding carboxylic acids is 3. The standard InChI is InChI=1S/C25H26Br4N4O9/c1-39-18-12(26)6-24(20(35)16(18)28)8-14(32-41-24)22(37)30-5-3-4-11(34)10-31-23(38)15-9-25(42-33-15)7-13(27)19(40-2)17(29)21(25)36/h6-7,20-21,35-36H,3-5,8-10H2,1-2H3,(H,30,37)(H,31,38)/t20-,21-,24+,25+/m0/s1. The molecule has 42 heavy (non-hydrogen) atoms. The van der Waals surface area contributed by atoms with Crippen LogP contribution in [0.4, 0.5) is 0 Å². The van der Waals surface area contributed by atoms with Crippen molar-refractivity contribution in [1.82, 2.24) is 10.6 Å². The van der Waals surface area contributed by atoms with Gasteiger partial charge in [-0.2, -0.15) is 0 Å². The third-order valence-electron chi connectivity index (χ3n) is 6.85. The van der Waals surface area contributed by atoms with Gasteiger partial charge in [-0.25, -0.2) is 0 Å². The third kappa shape index (κ3) is 6.40. The second-order valence-corrected chi connectivity index (χ2v) is 13.1. The summed E-state index contributed by atoms with van der Waals surface area (Å²) in [5.41, 5.74) is -2.45. The number of aliphatic hydroxyl groups excluding tert-OH is 2.